The molecule has 0 unspecified atom stereocenters. The van der Waals surface area contributed by atoms with Crippen LogP contribution in [0.4, 0.5) is 0 Å². The smallest absolute Gasteiger partial charge is 0.275 e. The molecule has 1 fully saturated rings. The lowest BCUT2D eigenvalue weighted by Gasteiger charge is -2.27. The topological polar surface area (TPSA) is 46.4 Å². The first-order chi connectivity index (χ1) is 12.8. The second-order valence-electron chi connectivity index (χ2n) is 6.98. The average molecular weight is 367 g/mol. The molecule has 0 spiro atoms. The van der Waals surface area contributed by atoms with Crippen molar-refractivity contribution in [1.82, 2.24) is 10.3 Å². The molecule has 1 aliphatic heterocycles. The van der Waals surface area contributed by atoms with Crippen molar-refractivity contribution in [2.45, 2.75) is 25.3 Å². The molecule has 4 nitrogen and oxygen atoms in total. The molecular formula is C21H24N3OS+. The van der Waals surface area contributed by atoms with E-state index in [1.54, 1.807) is 0 Å². The van der Waals surface area contributed by atoms with E-state index in [0.29, 0.717) is 19.0 Å². The molecule has 1 aromatic heterocycles. The van der Waals surface area contributed by atoms with E-state index in [-0.39, 0.29) is 5.91 Å². The highest BCUT2D eigenvalue weighted by atomic mass is 32.1. The van der Waals surface area contributed by atoms with Crippen LogP contribution in [0.1, 0.15) is 29.3 Å². The second-order valence-corrected chi connectivity index (χ2v) is 8.05. The summed E-state index contributed by atoms with van der Waals surface area (Å²) in [6.45, 7) is 3.26. The number of amides is 1. The van der Waals surface area contributed by atoms with Crippen LogP contribution in [0.5, 0.6) is 0 Å². The van der Waals surface area contributed by atoms with Crippen LogP contribution in [-0.4, -0.2) is 30.5 Å². The summed E-state index contributed by atoms with van der Waals surface area (Å²) >= 11 is 1.83. The number of fused-ring (bicyclic) bond motifs is 1. The largest absolute Gasteiger partial charge is 0.347 e. The summed E-state index contributed by atoms with van der Waals surface area (Å²) in [6, 6.07) is 18.4. The summed E-state index contributed by atoms with van der Waals surface area (Å²) in [5.74, 6) is 0.686. The van der Waals surface area contributed by atoms with E-state index < -0.39 is 0 Å². The Morgan fingerprint density at radius 2 is 1.81 bits per heavy atom. The van der Waals surface area contributed by atoms with Gasteiger partial charge >= 0.3 is 0 Å². The van der Waals surface area contributed by atoms with Crippen molar-refractivity contribution in [1.29, 1.82) is 0 Å². The lowest BCUT2D eigenvalue weighted by Crippen LogP contribution is -3.14. The fourth-order valence-corrected chi connectivity index (χ4v) is 4.74. The number of benzene rings is 2. The highest BCUT2D eigenvalue weighted by Gasteiger charge is 2.26. The predicted molar refractivity (Wildman–Crippen MR) is 105 cm³/mol. The minimum Gasteiger partial charge on any atom is -0.347 e. The Kier molecular flexibility index (Phi) is 5.27. The van der Waals surface area contributed by atoms with Gasteiger partial charge in [0.25, 0.3) is 5.91 Å². The Balaban J connectivity index is 1.26. The number of carbonyl (C=O) groups excluding carboxylic acids is 1. The second kappa shape index (κ2) is 7.98. The molecule has 1 amide bonds. The van der Waals surface area contributed by atoms with Gasteiger partial charge in [0.15, 0.2) is 6.54 Å². The van der Waals surface area contributed by atoms with Crippen LogP contribution < -0.4 is 10.2 Å². The summed E-state index contributed by atoms with van der Waals surface area (Å²) in [5, 5.41) is 4.30. The number of quaternary nitrogens is 1. The molecule has 0 saturated carbocycles. The van der Waals surface area contributed by atoms with Crippen LogP contribution in [0, 0.1) is 0 Å². The molecule has 0 bridgehead atoms. The Labute approximate surface area is 157 Å². The lowest BCUT2D eigenvalue weighted by atomic mass is 9.97. The number of para-hydroxylation sites is 1. The van der Waals surface area contributed by atoms with Gasteiger partial charge in [-0.05, 0) is 17.7 Å². The van der Waals surface area contributed by atoms with E-state index in [1.807, 2.05) is 47.7 Å². The van der Waals surface area contributed by atoms with Gasteiger partial charge in [0, 0.05) is 25.3 Å². The molecule has 26 heavy (non-hydrogen) atoms. The first kappa shape index (κ1) is 17.2. The summed E-state index contributed by atoms with van der Waals surface area (Å²) in [5.41, 5.74) is 2.26. The zero-order chi connectivity index (χ0) is 17.8. The normalized spacial score (nSPS) is 20.2. The van der Waals surface area contributed by atoms with Gasteiger partial charge in [-0.3, -0.25) is 4.79 Å². The number of rotatable bonds is 5. The highest BCUT2D eigenvalue weighted by Crippen LogP contribution is 2.31. The number of carbonyl (C=O) groups is 1. The molecule has 4 rings (SSSR count). The van der Waals surface area contributed by atoms with Gasteiger partial charge in [-0.2, -0.15) is 0 Å². The Bertz CT molecular complexity index is 836. The van der Waals surface area contributed by atoms with Crippen LogP contribution >= 0.6 is 11.3 Å². The third-order valence-electron chi connectivity index (χ3n) is 5.10. The Hall–Kier alpha value is -2.24. The van der Waals surface area contributed by atoms with Gasteiger partial charge in [0.1, 0.15) is 0 Å². The zero-order valence-electron chi connectivity index (χ0n) is 14.8. The van der Waals surface area contributed by atoms with Gasteiger partial charge in [-0.15, -0.1) is 11.3 Å². The van der Waals surface area contributed by atoms with E-state index >= 15 is 0 Å². The molecule has 134 valence electrons. The summed E-state index contributed by atoms with van der Waals surface area (Å²) in [7, 11) is 0. The predicted octanol–water partition coefficient (Wildman–Crippen LogP) is 2.38. The molecule has 1 aliphatic rings. The number of nitrogens with zero attached hydrogens (tertiary/aromatic N) is 1. The van der Waals surface area contributed by atoms with Gasteiger partial charge in [0.05, 0.1) is 28.3 Å². The first-order valence-corrected chi connectivity index (χ1v) is 10.1. The summed E-state index contributed by atoms with van der Waals surface area (Å²) < 4.78 is 1.28. The van der Waals surface area contributed by atoms with Crippen molar-refractivity contribution >= 4 is 27.5 Å². The van der Waals surface area contributed by atoms with Crippen LogP contribution in [-0.2, 0) is 11.3 Å². The molecule has 1 saturated heterocycles. The van der Waals surface area contributed by atoms with Crippen LogP contribution in [0.25, 0.3) is 10.2 Å². The molecule has 0 atom stereocenters. The maximum atomic E-state index is 12.2. The maximum absolute atomic E-state index is 12.2. The number of piperidine rings is 1. The zero-order valence-corrected chi connectivity index (χ0v) is 15.6. The van der Waals surface area contributed by atoms with Crippen molar-refractivity contribution < 1.29 is 9.69 Å². The van der Waals surface area contributed by atoms with Crippen molar-refractivity contribution in [3.8, 4) is 0 Å². The molecule has 2 heterocycles. The van der Waals surface area contributed by atoms with Crippen LogP contribution in [0.2, 0.25) is 0 Å². The van der Waals surface area contributed by atoms with Gasteiger partial charge < -0.3 is 10.2 Å². The van der Waals surface area contributed by atoms with Crippen LogP contribution in [0.15, 0.2) is 54.6 Å². The standard InChI is InChI=1S/C21H23N3OS/c25-20(22-14-16-6-2-1-3-7-16)15-24-12-10-17(11-13-24)21-23-18-8-4-5-9-19(18)26-21/h1-9,17H,10-15H2,(H,22,25)/p+1. The Morgan fingerprint density at radius 3 is 2.58 bits per heavy atom. The summed E-state index contributed by atoms with van der Waals surface area (Å²) in [6.07, 6.45) is 2.22. The first-order valence-electron chi connectivity index (χ1n) is 9.27. The number of aromatic nitrogens is 1. The van der Waals surface area contributed by atoms with Gasteiger partial charge in [-0.25, -0.2) is 4.98 Å². The number of nitrogens with one attached hydrogen (secondary N) is 2. The van der Waals surface area contributed by atoms with Crippen molar-refractivity contribution in [3.63, 3.8) is 0 Å². The minimum atomic E-state index is 0.141. The lowest BCUT2D eigenvalue weighted by molar-refractivity contribution is -0.897. The molecule has 2 N–H and O–H groups in total. The van der Waals surface area contributed by atoms with Crippen molar-refractivity contribution in [3.05, 3.63) is 65.2 Å². The van der Waals surface area contributed by atoms with Crippen molar-refractivity contribution in [2.24, 2.45) is 0 Å². The van der Waals surface area contributed by atoms with E-state index in [2.05, 4.69) is 23.5 Å². The molecular weight excluding hydrogens is 342 g/mol. The molecule has 5 heteroatoms. The van der Waals surface area contributed by atoms with E-state index in [4.69, 9.17) is 4.98 Å². The Morgan fingerprint density at radius 1 is 1.08 bits per heavy atom. The van der Waals surface area contributed by atoms with Gasteiger partial charge in [-0.1, -0.05) is 42.5 Å². The highest BCUT2D eigenvalue weighted by molar-refractivity contribution is 7.18. The van der Waals surface area contributed by atoms with Crippen molar-refractivity contribution in [2.75, 3.05) is 19.6 Å². The number of thiazole rings is 1. The fraction of sp³-hybridized carbons (Fsp3) is 0.333. The fourth-order valence-electron chi connectivity index (χ4n) is 3.60. The number of hydrogen-bond acceptors (Lipinski definition) is 3. The van der Waals surface area contributed by atoms with E-state index in [0.717, 1.165) is 37.0 Å². The monoisotopic (exact) mass is 366 g/mol. The maximum Gasteiger partial charge on any atom is 0.275 e. The molecule has 0 aliphatic carbocycles. The molecule has 0 radical (unpaired) electrons. The minimum absolute atomic E-state index is 0.141. The van der Waals surface area contributed by atoms with Gasteiger partial charge in [0.2, 0.25) is 0 Å². The molecule has 3 aromatic rings. The third kappa shape index (κ3) is 4.11. The van der Waals surface area contributed by atoms with Crippen LogP contribution in [0.3, 0.4) is 0 Å². The van der Waals surface area contributed by atoms with E-state index in [1.165, 1.54) is 14.6 Å². The molecule has 2 aromatic carbocycles. The number of likely N-dealkylation sites (tertiary alicyclic amines) is 1. The SMILES string of the molecule is O=C(C[NH+]1CCC(c2nc3ccccc3s2)CC1)NCc1ccccc1. The quantitative estimate of drug-likeness (QED) is 0.728. The summed E-state index contributed by atoms with van der Waals surface area (Å²) in [4.78, 5) is 18.4. The van der Waals surface area contributed by atoms with E-state index in [9.17, 15) is 4.79 Å². The third-order valence-corrected chi connectivity index (χ3v) is 6.29. The average Bonchev–Trinajstić information content (AvgIpc) is 3.12. The number of hydrogen-bond donors (Lipinski definition) is 2.